The van der Waals surface area contributed by atoms with E-state index in [1.165, 1.54) is 0 Å². The number of aromatic nitrogens is 2. The molecule has 0 aliphatic carbocycles. The highest BCUT2D eigenvalue weighted by Gasteiger charge is 2.31. The average Bonchev–Trinajstić information content (AvgIpc) is 3.18. The molecule has 4 rings (SSSR count). The highest BCUT2D eigenvalue weighted by Crippen LogP contribution is 2.22. The first-order valence-corrected chi connectivity index (χ1v) is 10.4. The number of nitrogens with zero attached hydrogens (tertiary/aromatic N) is 5. The summed E-state index contributed by atoms with van der Waals surface area (Å²) in [5, 5.41) is 0. The van der Waals surface area contributed by atoms with Crippen molar-refractivity contribution in [3.8, 4) is 0 Å². The summed E-state index contributed by atoms with van der Waals surface area (Å²) in [6.45, 7) is 5.17. The minimum absolute atomic E-state index is 0.0558. The molecule has 0 radical (unpaired) electrons. The van der Waals surface area contributed by atoms with Gasteiger partial charge < -0.3 is 14.4 Å². The maximum absolute atomic E-state index is 13.0. The fourth-order valence-corrected chi connectivity index (χ4v) is 4.24. The molecule has 2 amide bonds. The summed E-state index contributed by atoms with van der Waals surface area (Å²) < 4.78 is 2.05. The Labute approximate surface area is 171 Å². The predicted octanol–water partition coefficient (Wildman–Crippen LogP) is 1.62. The van der Waals surface area contributed by atoms with Gasteiger partial charge in [0.05, 0.1) is 6.54 Å². The van der Waals surface area contributed by atoms with Crippen molar-refractivity contribution >= 4 is 11.8 Å². The molecule has 7 nitrogen and oxygen atoms in total. The molecule has 29 heavy (non-hydrogen) atoms. The normalized spacial score (nSPS) is 18.8. The summed E-state index contributed by atoms with van der Waals surface area (Å²) in [6.07, 6.45) is 5.58. The SMILES string of the molecule is Cn1ccnc1CN1CCC(C(=O)N2CCN(C(=O)c3ccccc3)CC2)CC1. The van der Waals surface area contributed by atoms with E-state index in [2.05, 4.69) is 9.88 Å². The number of aryl methyl sites for hydroxylation is 1. The molecule has 154 valence electrons. The second-order valence-corrected chi connectivity index (χ2v) is 7.99. The minimum Gasteiger partial charge on any atom is -0.339 e. The number of carbonyl (C=O) groups excluding carboxylic acids is 2. The van der Waals surface area contributed by atoms with Gasteiger partial charge in [-0.05, 0) is 38.1 Å². The van der Waals surface area contributed by atoms with Gasteiger partial charge >= 0.3 is 0 Å². The zero-order valence-electron chi connectivity index (χ0n) is 17.0. The van der Waals surface area contributed by atoms with E-state index in [1.54, 1.807) is 0 Å². The first-order chi connectivity index (χ1) is 14.1. The van der Waals surface area contributed by atoms with Crippen molar-refractivity contribution in [1.29, 1.82) is 0 Å². The molecule has 2 aliphatic heterocycles. The molecule has 3 heterocycles. The van der Waals surface area contributed by atoms with Crippen LogP contribution in [0.1, 0.15) is 29.0 Å². The van der Waals surface area contributed by atoms with Crippen LogP contribution in [-0.4, -0.2) is 75.3 Å². The van der Waals surface area contributed by atoms with Crippen LogP contribution in [0.5, 0.6) is 0 Å². The molecule has 0 unspecified atom stereocenters. The summed E-state index contributed by atoms with van der Waals surface area (Å²) in [5.41, 5.74) is 0.715. The topological polar surface area (TPSA) is 61.7 Å². The molecule has 7 heteroatoms. The highest BCUT2D eigenvalue weighted by molar-refractivity contribution is 5.94. The van der Waals surface area contributed by atoms with Crippen molar-refractivity contribution in [3.05, 3.63) is 54.1 Å². The Kier molecular flexibility index (Phi) is 5.94. The Bertz CT molecular complexity index is 834. The van der Waals surface area contributed by atoms with Crippen molar-refractivity contribution in [2.45, 2.75) is 19.4 Å². The van der Waals surface area contributed by atoms with Gasteiger partial charge in [0.1, 0.15) is 5.82 Å². The van der Waals surface area contributed by atoms with E-state index in [9.17, 15) is 9.59 Å². The lowest BCUT2D eigenvalue weighted by atomic mass is 9.95. The lowest BCUT2D eigenvalue weighted by molar-refractivity contribution is -0.138. The second-order valence-electron chi connectivity index (χ2n) is 7.99. The molecule has 2 saturated heterocycles. The molecule has 0 saturated carbocycles. The predicted molar refractivity (Wildman–Crippen MR) is 110 cm³/mol. The van der Waals surface area contributed by atoms with Gasteiger partial charge in [-0.25, -0.2) is 4.98 Å². The van der Waals surface area contributed by atoms with Crippen LogP contribution in [-0.2, 0) is 18.4 Å². The third kappa shape index (κ3) is 4.50. The number of piperidine rings is 1. The Morgan fingerprint density at radius 2 is 1.62 bits per heavy atom. The third-order valence-electron chi connectivity index (χ3n) is 6.12. The first kappa shape index (κ1) is 19.6. The van der Waals surface area contributed by atoms with Crippen molar-refractivity contribution in [1.82, 2.24) is 24.3 Å². The van der Waals surface area contributed by atoms with Gasteiger partial charge in [-0.2, -0.15) is 0 Å². The quantitative estimate of drug-likeness (QED) is 0.789. The summed E-state index contributed by atoms with van der Waals surface area (Å²) in [6, 6.07) is 9.37. The summed E-state index contributed by atoms with van der Waals surface area (Å²) in [7, 11) is 2.01. The summed E-state index contributed by atoms with van der Waals surface area (Å²) in [5.74, 6) is 1.48. The first-order valence-electron chi connectivity index (χ1n) is 10.4. The van der Waals surface area contributed by atoms with Crippen LogP contribution in [0.2, 0.25) is 0 Å². The molecule has 2 aromatic rings. The van der Waals surface area contributed by atoms with Crippen molar-refractivity contribution in [2.75, 3.05) is 39.3 Å². The maximum atomic E-state index is 13.0. The summed E-state index contributed by atoms with van der Waals surface area (Å²) in [4.78, 5) is 36.1. The van der Waals surface area contributed by atoms with E-state index < -0.39 is 0 Å². The molecule has 0 atom stereocenters. The third-order valence-corrected chi connectivity index (χ3v) is 6.12. The van der Waals surface area contributed by atoms with E-state index in [-0.39, 0.29) is 17.7 Å². The van der Waals surface area contributed by atoms with Crippen LogP contribution < -0.4 is 0 Å². The van der Waals surface area contributed by atoms with Gasteiger partial charge in [-0.15, -0.1) is 0 Å². The van der Waals surface area contributed by atoms with E-state index >= 15 is 0 Å². The standard InChI is InChI=1S/C22H29N5O2/c1-24-12-9-23-20(24)17-25-10-7-19(8-11-25)22(29)27-15-13-26(14-16-27)21(28)18-5-3-2-4-6-18/h2-6,9,12,19H,7-8,10-11,13-17H2,1H3. The molecular weight excluding hydrogens is 366 g/mol. The molecule has 1 aromatic carbocycles. The Morgan fingerprint density at radius 3 is 2.24 bits per heavy atom. The molecule has 0 N–H and O–H groups in total. The largest absolute Gasteiger partial charge is 0.339 e. The van der Waals surface area contributed by atoms with Gasteiger partial charge in [-0.1, -0.05) is 18.2 Å². The van der Waals surface area contributed by atoms with Gasteiger partial charge in [0.25, 0.3) is 5.91 Å². The number of imidazole rings is 1. The van der Waals surface area contributed by atoms with Crippen LogP contribution in [0.15, 0.2) is 42.7 Å². The van der Waals surface area contributed by atoms with Crippen LogP contribution in [0.25, 0.3) is 0 Å². The van der Waals surface area contributed by atoms with E-state index in [0.29, 0.717) is 31.7 Å². The van der Waals surface area contributed by atoms with E-state index in [0.717, 1.165) is 38.3 Å². The molecular formula is C22H29N5O2. The Morgan fingerprint density at radius 1 is 0.966 bits per heavy atom. The van der Waals surface area contributed by atoms with E-state index in [1.807, 2.05) is 64.1 Å². The molecule has 2 fully saturated rings. The lowest BCUT2D eigenvalue weighted by Gasteiger charge is -2.38. The van der Waals surface area contributed by atoms with E-state index in [4.69, 9.17) is 0 Å². The second kappa shape index (κ2) is 8.78. The van der Waals surface area contributed by atoms with Gasteiger partial charge in [0.2, 0.25) is 5.91 Å². The Balaban J connectivity index is 1.24. The number of hydrogen-bond donors (Lipinski definition) is 0. The van der Waals surface area contributed by atoms with Crippen molar-refractivity contribution in [2.24, 2.45) is 13.0 Å². The Hall–Kier alpha value is -2.67. The molecule has 2 aliphatic rings. The number of amides is 2. The van der Waals surface area contributed by atoms with Gasteiger partial charge in [0, 0.05) is 57.1 Å². The fraction of sp³-hybridized carbons (Fsp3) is 0.500. The smallest absolute Gasteiger partial charge is 0.253 e. The number of benzene rings is 1. The molecule has 0 spiro atoms. The van der Waals surface area contributed by atoms with Crippen LogP contribution >= 0.6 is 0 Å². The fourth-order valence-electron chi connectivity index (χ4n) is 4.24. The number of likely N-dealkylation sites (tertiary alicyclic amines) is 1. The number of carbonyl (C=O) groups is 2. The average molecular weight is 396 g/mol. The number of hydrogen-bond acceptors (Lipinski definition) is 4. The van der Waals surface area contributed by atoms with Gasteiger partial charge in [-0.3, -0.25) is 14.5 Å². The highest BCUT2D eigenvalue weighted by atomic mass is 16.2. The lowest BCUT2D eigenvalue weighted by Crippen LogP contribution is -2.53. The monoisotopic (exact) mass is 395 g/mol. The van der Waals surface area contributed by atoms with Crippen LogP contribution in [0.4, 0.5) is 0 Å². The zero-order valence-corrected chi connectivity index (χ0v) is 17.0. The zero-order chi connectivity index (χ0) is 20.2. The molecule has 0 bridgehead atoms. The maximum Gasteiger partial charge on any atom is 0.253 e. The minimum atomic E-state index is 0.0558. The molecule has 1 aromatic heterocycles. The van der Waals surface area contributed by atoms with Crippen molar-refractivity contribution in [3.63, 3.8) is 0 Å². The number of piperazine rings is 1. The van der Waals surface area contributed by atoms with Gasteiger partial charge in [0.15, 0.2) is 0 Å². The van der Waals surface area contributed by atoms with Crippen LogP contribution in [0, 0.1) is 5.92 Å². The summed E-state index contributed by atoms with van der Waals surface area (Å²) >= 11 is 0. The van der Waals surface area contributed by atoms with Crippen LogP contribution in [0.3, 0.4) is 0 Å². The number of rotatable bonds is 4. The van der Waals surface area contributed by atoms with Crippen molar-refractivity contribution < 1.29 is 9.59 Å².